The minimum Gasteiger partial charge on any atom is -0.497 e. The average Bonchev–Trinajstić information content (AvgIpc) is 2.27. The zero-order valence-corrected chi connectivity index (χ0v) is 9.24. The van der Waals surface area contributed by atoms with Gasteiger partial charge in [-0.05, 0) is 17.7 Å². The van der Waals surface area contributed by atoms with Crippen molar-refractivity contribution in [2.45, 2.75) is 13.3 Å². The maximum Gasteiger partial charge on any atom is 0.242 e. The smallest absolute Gasteiger partial charge is 0.242 e. The summed E-state index contributed by atoms with van der Waals surface area (Å²) >= 11 is 0. The van der Waals surface area contributed by atoms with Crippen molar-refractivity contribution in [2.75, 3.05) is 7.11 Å². The Morgan fingerprint density at radius 3 is 2.31 bits per heavy atom. The van der Waals surface area contributed by atoms with Crippen LogP contribution in [0, 0.1) is 0 Å². The first-order chi connectivity index (χ1) is 7.61. The Balaban J connectivity index is 2.46. The summed E-state index contributed by atoms with van der Waals surface area (Å²) in [5.74, 6) is 0.175. The van der Waals surface area contributed by atoms with E-state index in [4.69, 9.17) is 4.74 Å². The van der Waals surface area contributed by atoms with Crippen molar-refractivity contribution in [3.63, 3.8) is 0 Å². The molecule has 0 radical (unpaired) electrons. The zero-order valence-electron chi connectivity index (χ0n) is 9.24. The number of hydrazine groups is 1. The normalized spacial score (nSPS) is 9.38. The Morgan fingerprint density at radius 1 is 1.19 bits per heavy atom. The van der Waals surface area contributed by atoms with Gasteiger partial charge in [0.15, 0.2) is 0 Å². The highest BCUT2D eigenvalue weighted by Gasteiger charge is 2.03. The van der Waals surface area contributed by atoms with E-state index in [0.29, 0.717) is 0 Å². The van der Waals surface area contributed by atoms with Crippen molar-refractivity contribution in [3.8, 4) is 5.75 Å². The van der Waals surface area contributed by atoms with Gasteiger partial charge < -0.3 is 4.74 Å². The first-order valence-electron chi connectivity index (χ1n) is 4.80. The second-order valence-corrected chi connectivity index (χ2v) is 3.25. The van der Waals surface area contributed by atoms with E-state index in [9.17, 15) is 9.59 Å². The van der Waals surface area contributed by atoms with Gasteiger partial charge in [-0.1, -0.05) is 12.1 Å². The molecule has 0 unspecified atom stereocenters. The molecular formula is C11H14N2O3. The Hall–Kier alpha value is -2.04. The third-order valence-corrected chi connectivity index (χ3v) is 1.90. The van der Waals surface area contributed by atoms with E-state index in [0.717, 1.165) is 11.3 Å². The highest BCUT2D eigenvalue weighted by atomic mass is 16.5. The predicted molar refractivity (Wildman–Crippen MR) is 58.7 cm³/mol. The molecule has 1 rings (SSSR count). The summed E-state index contributed by atoms with van der Waals surface area (Å²) in [6.45, 7) is 1.33. The first-order valence-corrected chi connectivity index (χ1v) is 4.80. The largest absolute Gasteiger partial charge is 0.497 e. The highest BCUT2D eigenvalue weighted by molar-refractivity contribution is 5.82. The second-order valence-electron chi connectivity index (χ2n) is 3.25. The number of benzene rings is 1. The summed E-state index contributed by atoms with van der Waals surface area (Å²) < 4.78 is 5.00. The van der Waals surface area contributed by atoms with Gasteiger partial charge in [-0.15, -0.1) is 0 Å². The monoisotopic (exact) mass is 222 g/mol. The fraction of sp³-hybridized carbons (Fsp3) is 0.273. The molecule has 16 heavy (non-hydrogen) atoms. The molecule has 0 atom stereocenters. The van der Waals surface area contributed by atoms with Crippen LogP contribution in [0.1, 0.15) is 12.5 Å². The summed E-state index contributed by atoms with van der Waals surface area (Å²) in [4.78, 5) is 21.9. The molecule has 0 heterocycles. The number of carbonyl (C=O) groups is 2. The molecule has 0 saturated carbocycles. The first kappa shape index (κ1) is 12.0. The lowest BCUT2D eigenvalue weighted by atomic mass is 10.1. The highest BCUT2D eigenvalue weighted by Crippen LogP contribution is 2.11. The van der Waals surface area contributed by atoms with Crippen LogP contribution >= 0.6 is 0 Å². The number of rotatable bonds is 3. The van der Waals surface area contributed by atoms with E-state index >= 15 is 0 Å². The second kappa shape index (κ2) is 5.75. The molecule has 2 N–H and O–H groups in total. The van der Waals surface area contributed by atoms with Crippen LogP contribution in [-0.4, -0.2) is 18.9 Å². The standard InChI is InChI=1S/C11H14N2O3/c1-8(14)12-13-11(15)7-9-3-5-10(16-2)6-4-9/h3-6H,7H2,1-2H3,(H,12,14)(H,13,15). The van der Waals surface area contributed by atoms with Gasteiger partial charge in [-0.25, -0.2) is 0 Å². The predicted octanol–water partition coefficient (Wildman–Crippen LogP) is 0.405. The van der Waals surface area contributed by atoms with Crippen molar-refractivity contribution < 1.29 is 14.3 Å². The Kier molecular flexibility index (Phi) is 4.32. The van der Waals surface area contributed by atoms with Crippen LogP contribution in [0.25, 0.3) is 0 Å². The van der Waals surface area contributed by atoms with Crippen LogP contribution < -0.4 is 15.6 Å². The molecule has 0 aliphatic carbocycles. The third-order valence-electron chi connectivity index (χ3n) is 1.90. The molecule has 0 saturated heterocycles. The van der Waals surface area contributed by atoms with Gasteiger partial charge in [0.2, 0.25) is 11.8 Å². The molecule has 86 valence electrons. The van der Waals surface area contributed by atoms with E-state index in [1.807, 2.05) is 0 Å². The number of ether oxygens (including phenoxy) is 1. The van der Waals surface area contributed by atoms with Gasteiger partial charge in [0.05, 0.1) is 13.5 Å². The Morgan fingerprint density at radius 2 is 1.81 bits per heavy atom. The Labute approximate surface area is 93.8 Å². The van der Waals surface area contributed by atoms with Crippen LogP contribution in [0.15, 0.2) is 24.3 Å². The minimum absolute atomic E-state index is 0.213. The lowest BCUT2D eigenvalue weighted by Crippen LogP contribution is -2.41. The molecule has 5 heteroatoms. The quantitative estimate of drug-likeness (QED) is 0.728. The molecule has 0 aromatic heterocycles. The average molecular weight is 222 g/mol. The zero-order chi connectivity index (χ0) is 12.0. The lowest BCUT2D eigenvalue weighted by molar-refractivity contribution is -0.127. The number of methoxy groups -OCH3 is 1. The number of carbonyl (C=O) groups excluding carboxylic acids is 2. The van der Waals surface area contributed by atoms with Crippen LogP contribution in [0.4, 0.5) is 0 Å². The molecule has 5 nitrogen and oxygen atoms in total. The van der Waals surface area contributed by atoms with Gasteiger partial charge >= 0.3 is 0 Å². The van der Waals surface area contributed by atoms with E-state index in [-0.39, 0.29) is 18.2 Å². The molecule has 1 aromatic carbocycles. The third kappa shape index (κ3) is 4.00. The number of nitrogens with one attached hydrogen (secondary N) is 2. The van der Waals surface area contributed by atoms with Gasteiger partial charge in [0, 0.05) is 6.92 Å². The maximum absolute atomic E-state index is 11.3. The molecule has 0 fully saturated rings. The topological polar surface area (TPSA) is 67.4 Å². The van der Waals surface area contributed by atoms with Gasteiger partial charge in [-0.3, -0.25) is 20.4 Å². The SMILES string of the molecule is COc1ccc(CC(=O)NNC(C)=O)cc1. The van der Waals surface area contributed by atoms with Crippen molar-refractivity contribution in [2.24, 2.45) is 0 Å². The van der Waals surface area contributed by atoms with E-state index in [2.05, 4.69) is 10.9 Å². The molecule has 1 aromatic rings. The van der Waals surface area contributed by atoms with Gasteiger partial charge in [0.1, 0.15) is 5.75 Å². The fourth-order valence-corrected chi connectivity index (χ4v) is 1.13. The summed E-state index contributed by atoms with van der Waals surface area (Å²) in [6.07, 6.45) is 0.213. The molecule has 0 bridgehead atoms. The summed E-state index contributed by atoms with van der Waals surface area (Å²) in [5, 5.41) is 0. The van der Waals surface area contributed by atoms with Crippen LogP contribution in [-0.2, 0) is 16.0 Å². The number of hydrogen-bond acceptors (Lipinski definition) is 3. The molecule has 0 aliphatic heterocycles. The van der Waals surface area contributed by atoms with E-state index in [1.54, 1.807) is 31.4 Å². The molecule has 0 aliphatic rings. The van der Waals surface area contributed by atoms with Crippen LogP contribution in [0.2, 0.25) is 0 Å². The van der Waals surface area contributed by atoms with Crippen LogP contribution in [0.3, 0.4) is 0 Å². The van der Waals surface area contributed by atoms with E-state index in [1.165, 1.54) is 6.92 Å². The Bertz CT molecular complexity index is 373. The molecular weight excluding hydrogens is 208 g/mol. The van der Waals surface area contributed by atoms with E-state index < -0.39 is 0 Å². The fourth-order valence-electron chi connectivity index (χ4n) is 1.13. The van der Waals surface area contributed by atoms with Gasteiger partial charge in [0.25, 0.3) is 0 Å². The lowest BCUT2D eigenvalue weighted by Gasteiger charge is -2.05. The molecule has 0 spiro atoms. The maximum atomic E-state index is 11.3. The van der Waals surface area contributed by atoms with Crippen molar-refractivity contribution in [3.05, 3.63) is 29.8 Å². The van der Waals surface area contributed by atoms with Gasteiger partial charge in [-0.2, -0.15) is 0 Å². The van der Waals surface area contributed by atoms with Crippen molar-refractivity contribution in [1.82, 2.24) is 10.9 Å². The van der Waals surface area contributed by atoms with Crippen molar-refractivity contribution in [1.29, 1.82) is 0 Å². The molecule has 2 amide bonds. The van der Waals surface area contributed by atoms with Crippen molar-refractivity contribution >= 4 is 11.8 Å². The summed E-state index contributed by atoms with van der Waals surface area (Å²) in [7, 11) is 1.58. The summed E-state index contributed by atoms with van der Waals surface area (Å²) in [6, 6.07) is 7.15. The summed E-state index contributed by atoms with van der Waals surface area (Å²) in [5.41, 5.74) is 5.36. The number of amides is 2. The minimum atomic E-state index is -0.303. The van der Waals surface area contributed by atoms with Crippen LogP contribution in [0.5, 0.6) is 5.75 Å². The number of hydrogen-bond donors (Lipinski definition) is 2.